The third-order valence-corrected chi connectivity index (χ3v) is 8.61. The molecule has 0 aliphatic carbocycles. The van der Waals surface area contributed by atoms with Gasteiger partial charge in [-0.1, -0.05) is 116 Å². The summed E-state index contributed by atoms with van der Waals surface area (Å²) in [5.74, 6) is -0.0513. The molecule has 0 aliphatic heterocycles. The SMILES string of the molecule is CC(C)c1ccccc1OC(=O)c1cc2cc(Br)ccc2c(-c2c(C(C)(C)c3ccccc3)[nH]c3ccccc23)c1O. The van der Waals surface area contributed by atoms with Crippen molar-refractivity contribution in [3.8, 4) is 22.6 Å². The van der Waals surface area contributed by atoms with Gasteiger partial charge in [-0.2, -0.15) is 0 Å². The molecule has 42 heavy (non-hydrogen) atoms. The molecule has 6 aromatic rings. The summed E-state index contributed by atoms with van der Waals surface area (Å²) < 4.78 is 6.84. The van der Waals surface area contributed by atoms with Crippen LogP contribution in [0.2, 0.25) is 0 Å². The molecule has 0 saturated carbocycles. The third kappa shape index (κ3) is 4.78. The predicted octanol–water partition coefficient (Wildman–Crippen LogP) is 10.1. The van der Waals surface area contributed by atoms with Gasteiger partial charge in [0.15, 0.2) is 0 Å². The van der Waals surface area contributed by atoms with Crippen LogP contribution in [0.5, 0.6) is 11.5 Å². The van der Waals surface area contributed by atoms with E-state index in [-0.39, 0.29) is 17.2 Å². The minimum atomic E-state index is -0.604. The molecule has 0 radical (unpaired) electrons. The molecule has 0 aliphatic rings. The van der Waals surface area contributed by atoms with Gasteiger partial charge in [-0.3, -0.25) is 0 Å². The molecule has 5 aromatic carbocycles. The van der Waals surface area contributed by atoms with Crippen LogP contribution in [0.4, 0.5) is 0 Å². The maximum atomic E-state index is 13.8. The summed E-state index contributed by atoms with van der Waals surface area (Å²) in [4.78, 5) is 17.5. The lowest BCUT2D eigenvalue weighted by Gasteiger charge is -2.27. The highest BCUT2D eigenvalue weighted by atomic mass is 79.9. The lowest BCUT2D eigenvalue weighted by molar-refractivity contribution is 0.0730. The zero-order chi connectivity index (χ0) is 29.6. The topological polar surface area (TPSA) is 62.3 Å². The Morgan fingerprint density at radius 3 is 2.29 bits per heavy atom. The van der Waals surface area contributed by atoms with E-state index in [1.165, 1.54) is 0 Å². The van der Waals surface area contributed by atoms with E-state index in [2.05, 4.69) is 66.8 Å². The van der Waals surface area contributed by atoms with Gasteiger partial charge in [-0.05, 0) is 58.1 Å². The highest BCUT2D eigenvalue weighted by Gasteiger charge is 2.32. The van der Waals surface area contributed by atoms with E-state index < -0.39 is 11.4 Å². The molecule has 0 bridgehead atoms. The smallest absolute Gasteiger partial charge is 0.347 e. The van der Waals surface area contributed by atoms with Gasteiger partial charge in [0, 0.05) is 37.6 Å². The molecule has 0 fully saturated rings. The number of hydrogen-bond donors (Lipinski definition) is 2. The Bertz CT molecular complexity index is 1950. The molecular weight excluding hydrogens is 586 g/mol. The lowest BCUT2D eigenvalue weighted by atomic mass is 9.78. The first-order valence-corrected chi connectivity index (χ1v) is 14.9. The molecule has 0 atom stereocenters. The molecule has 6 rings (SSSR count). The van der Waals surface area contributed by atoms with Crippen LogP contribution in [-0.4, -0.2) is 16.1 Å². The Balaban J connectivity index is 1.63. The van der Waals surface area contributed by atoms with Gasteiger partial charge in [0.05, 0.1) is 0 Å². The minimum Gasteiger partial charge on any atom is -0.506 e. The molecule has 4 nitrogen and oxygen atoms in total. The first-order valence-electron chi connectivity index (χ1n) is 14.1. The van der Waals surface area contributed by atoms with Crippen molar-refractivity contribution in [1.29, 1.82) is 0 Å². The monoisotopic (exact) mass is 617 g/mol. The molecule has 0 amide bonds. The molecule has 1 heterocycles. The highest BCUT2D eigenvalue weighted by molar-refractivity contribution is 9.10. The second kappa shape index (κ2) is 10.8. The van der Waals surface area contributed by atoms with Gasteiger partial charge in [-0.25, -0.2) is 4.79 Å². The summed E-state index contributed by atoms with van der Waals surface area (Å²) in [5.41, 5.74) is 5.09. The number of fused-ring (bicyclic) bond motifs is 2. The van der Waals surface area contributed by atoms with E-state index in [0.29, 0.717) is 11.3 Å². The minimum absolute atomic E-state index is 0.105. The molecule has 210 valence electrons. The van der Waals surface area contributed by atoms with Crippen LogP contribution in [0.3, 0.4) is 0 Å². The Hall–Kier alpha value is -4.35. The quantitative estimate of drug-likeness (QED) is 0.144. The van der Waals surface area contributed by atoms with E-state index in [1.807, 2.05) is 72.8 Å². The van der Waals surface area contributed by atoms with Gasteiger partial charge in [-0.15, -0.1) is 0 Å². The van der Waals surface area contributed by atoms with Crippen molar-refractivity contribution >= 4 is 43.6 Å². The highest BCUT2D eigenvalue weighted by Crippen LogP contribution is 2.48. The Morgan fingerprint density at radius 1 is 0.833 bits per heavy atom. The van der Waals surface area contributed by atoms with E-state index in [0.717, 1.165) is 48.5 Å². The second-order valence-corrected chi connectivity index (χ2v) is 12.4. The number of halogens is 1. The number of hydrogen-bond acceptors (Lipinski definition) is 3. The van der Waals surface area contributed by atoms with Crippen molar-refractivity contribution < 1.29 is 14.6 Å². The number of phenols is 1. The van der Waals surface area contributed by atoms with Crippen LogP contribution in [0.1, 0.15) is 60.8 Å². The third-order valence-electron chi connectivity index (χ3n) is 8.11. The van der Waals surface area contributed by atoms with E-state index in [1.54, 1.807) is 12.1 Å². The van der Waals surface area contributed by atoms with Crippen LogP contribution in [0.25, 0.3) is 32.8 Å². The second-order valence-electron chi connectivity index (χ2n) is 11.5. The molecule has 1 aromatic heterocycles. The summed E-state index contributed by atoms with van der Waals surface area (Å²) in [6.45, 7) is 8.46. The number of benzene rings is 5. The fourth-order valence-electron chi connectivity index (χ4n) is 5.85. The average Bonchev–Trinajstić information content (AvgIpc) is 3.37. The summed E-state index contributed by atoms with van der Waals surface area (Å²) in [6.07, 6.45) is 0. The number of aromatic amines is 1. The van der Waals surface area contributed by atoms with E-state index in [4.69, 9.17) is 4.74 Å². The number of aromatic nitrogens is 1. The van der Waals surface area contributed by atoms with Crippen LogP contribution in [0.15, 0.2) is 108 Å². The Labute approximate surface area is 254 Å². The summed E-state index contributed by atoms with van der Waals surface area (Å²) in [5, 5.41) is 14.7. The molecule has 5 heteroatoms. The maximum absolute atomic E-state index is 13.8. The maximum Gasteiger partial charge on any atom is 0.347 e. The number of aromatic hydroxyl groups is 1. The van der Waals surface area contributed by atoms with Crippen molar-refractivity contribution in [2.45, 2.75) is 39.0 Å². The number of rotatable bonds is 6. The van der Waals surface area contributed by atoms with Crippen molar-refractivity contribution in [2.24, 2.45) is 0 Å². The molecule has 0 spiro atoms. The van der Waals surface area contributed by atoms with Gasteiger partial charge >= 0.3 is 5.97 Å². The standard InChI is InChI=1S/C37H32BrNO3/c1-22(2)26-14-9-11-17-31(26)42-36(41)29-21-23-20-25(38)18-19-27(23)32(34(29)40)33-28-15-8-10-16-30(28)39-35(33)37(3,4)24-12-6-5-7-13-24/h5-22,39-40H,1-4H3. The van der Waals surface area contributed by atoms with Crippen LogP contribution < -0.4 is 4.74 Å². The fraction of sp³-hybridized carbons (Fsp3) is 0.162. The summed E-state index contributed by atoms with van der Waals surface area (Å²) in [7, 11) is 0. The molecular formula is C37H32BrNO3. The van der Waals surface area contributed by atoms with Gasteiger partial charge in [0.2, 0.25) is 0 Å². The number of H-pyrrole nitrogens is 1. The predicted molar refractivity (Wildman–Crippen MR) is 175 cm³/mol. The van der Waals surface area contributed by atoms with Crippen LogP contribution in [0, 0.1) is 0 Å². The van der Waals surface area contributed by atoms with Gasteiger partial charge in [0.1, 0.15) is 17.1 Å². The Morgan fingerprint density at radius 2 is 1.52 bits per heavy atom. The van der Waals surface area contributed by atoms with Crippen molar-refractivity contribution in [1.82, 2.24) is 4.98 Å². The normalized spacial score (nSPS) is 11.9. The number of para-hydroxylation sites is 2. The zero-order valence-corrected chi connectivity index (χ0v) is 25.6. The van der Waals surface area contributed by atoms with Crippen molar-refractivity contribution in [3.63, 3.8) is 0 Å². The van der Waals surface area contributed by atoms with Gasteiger partial charge < -0.3 is 14.8 Å². The summed E-state index contributed by atoms with van der Waals surface area (Å²) >= 11 is 3.60. The zero-order valence-electron chi connectivity index (χ0n) is 24.0. The van der Waals surface area contributed by atoms with Crippen molar-refractivity contribution in [3.05, 3.63) is 130 Å². The van der Waals surface area contributed by atoms with Gasteiger partial charge in [0.25, 0.3) is 0 Å². The molecule has 2 N–H and O–H groups in total. The number of esters is 1. The molecule has 0 saturated heterocycles. The van der Waals surface area contributed by atoms with E-state index in [9.17, 15) is 9.90 Å². The number of carbonyl (C=O) groups excluding carboxylic acids is 1. The first-order chi connectivity index (χ1) is 20.2. The van der Waals surface area contributed by atoms with Crippen molar-refractivity contribution in [2.75, 3.05) is 0 Å². The van der Waals surface area contributed by atoms with Crippen LogP contribution >= 0.6 is 15.9 Å². The first kappa shape index (κ1) is 27.8. The number of ether oxygens (including phenoxy) is 1. The largest absolute Gasteiger partial charge is 0.506 e. The van der Waals surface area contributed by atoms with E-state index >= 15 is 0 Å². The lowest BCUT2D eigenvalue weighted by Crippen LogP contribution is -2.20. The Kier molecular flexibility index (Phi) is 7.15. The fourth-order valence-corrected chi connectivity index (χ4v) is 6.23. The molecule has 0 unspecified atom stereocenters. The average molecular weight is 619 g/mol. The number of phenolic OH excluding ortho intramolecular Hbond substituents is 1. The number of nitrogens with one attached hydrogen (secondary N) is 1. The summed E-state index contributed by atoms with van der Waals surface area (Å²) in [6, 6.07) is 33.6. The van der Waals surface area contributed by atoms with Crippen LogP contribution in [-0.2, 0) is 5.41 Å². The number of carbonyl (C=O) groups is 1.